The summed E-state index contributed by atoms with van der Waals surface area (Å²) in [5, 5.41) is 0. The lowest BCUT2D eigenvalue weighted by molar-refractivity contribution is 0.0901. The van der Waals surface area contributed by atoms with Crippen LogP contribution in [0.2, 0.25) is 0 Å². The van der Waals surface area contributed by atoms with Gasteiger partial charge in [0.15, 0.2) is 0 Å². The van der Waals surface area contributed by atoms with Gasteiger partial charge < -0.3 is 5.43 Å². The predicted octanol–water partition coefficient (Wildman–Crippen LogP) is 1.75. The fraction of sp³-hybridized carbons (Fsp3) is 0.526. The van der Waals surface area contributed by atoms with Crippen molar-refractivity contribution in [2.24, 2.45) is 5.41 Å². The van der Waals surface area contributed by atoms with E-state index in [1.807, 2.05) is 0 Å². The molecule has 0 aliphatic carbocycles. The van der Waals surface area contributed by atoms with Crippen molar-refractivity contribution in [2.45, 2.75) is 19.8 Å². The summed E-state index contributed by atoms with van der Waals surface area (Å²) in [7, 11) is 0. The first-order valence-electron chi connectivity index (χ1n) is 9.09. The Morgan fingerprint density at radius 2 is 1.80 bits per heavy atom. The van der Waals surface area contributed by atoms with Gasteiger partial charge in [0.2, 0.25) is 0 Å². The van der Waals surface area contributed by atoms with Crippen LogP contribution >= 0.6 is 0 Å². The minimum atomic E-state index is -0.336. The molecule has 2 fully saturated rings. The molecule has 2 atom stereocenters. The maximum Gasteiger partial charge on any atom is 0.269 e. The van der Waals surface area contributed by atoms with Crippen molar-refractivity contribution >= 4 is 5.91 Å². The highest BCUT2D eigenvalue weighted by Crippen LogP contribution is 2.43. The number of nitrogens with one attached hydrogen (secondary N) is 2. The number of carbonyl (C=O) groups is 1. The van der Waals surface area contributed by atoms with E-state index in [1.165, 1.54) is 35.5 Å². The highest BCUT2D eigenvalue weighted by atomic mass is 19.1. The average molecular weight is 344 g/mol. The first-order valence-corrected chi connectivity index (χ1v) is 9.09. The summed E-state index contributed by atoms with van der Waals surface area (Å²) < 4.78 is 13.0. The lowest BCUT2D eigenvalue weighted by Crippen LogP contribution is -2.57. The van der Waals surface area contributed by atoms with Crippen molar-refractivity contribution in [3.63, 3.8) is 0 Å². The number of fused-ring (bicyclic) bond motifs is 1. The van der Waals surface area contributed by atoms with Crippen molar-refractivity contribution in [3.05, 3.63) is 46.9 Å². The highest BCUT2D eigenvalue weighted by Gasteiger charge is 2.47. The predicted molar refractivity (Wildman–Crippen MR) is 94.2 cm³/mol. The third-order valence-electron chi connectivity index (χ3n) is 5.63. The number of halogens is 1. The summed E-state index contributed by atoms with van der Waals surface area (Å²) in [5.41, 5.74) is 9.24. The standard InChI is InChI=1S/C19H25FN4O/c1-2-7-19-12-23-8-9-24(13-19)11-15(10-23)17(19)21-22-18(25)14-3-5-16(20)6-4-14/h3-6,21H,2,7-13H2,1H3,(H,22,25). The van der Waals surface area contributed by atoms with E-state index < -0.39 is 0 Å². The summed E-state index contributed by atoms with van der Waals surface area (Å²) in [5.74, 6) is -0.566. The molecular formula is C19H25FN4O. The summed E-state index contributed by atoms with van der Waals surface area (Å²) >= 11 is 0. The van der Waals surface area contributed by atoms with Crippen molar-refractivity contribution < 1.29 is 9.18 Å². The number of benzene rings is 1. The van der Waals surface area contributed by atoms with Gasteiger partial charge in [0.25, 0.3) is 5.91 Å². The molecule has 4 heterocycles. The average Bonchev–Trinajstić information content (AvgIpc) is 2.82. The van der Waals surface area contributed by atoms with Crippen LogP contribution in [0.5, 0.6) is 0 Å². The van der Waals surface area contributed by atoms with E-state index in [2.05, 4.69) is 27.6 Å². The van der Waals surface area contributed by atoms with Crippen molar-refractivity contribution in [2.75, 3.05) is 39.3 Å². The Labute approximate surface area is 147 Å². The van der Waals surface area contributed by atoms with Gasteiger partial charge in [0, 0.05) is 55.9 Å². The topological polar surface area (TPSA) is 47.6 Å². The number of carbonyl (C=O) groups excluding carboxylic acids is 1. The molecule has 4 aliphatic heterocycles. The summed E-state index contributed by atoms with van der Waals surface area (Å²) in [6.07, 6.45) is 2.23. The number of hydrogen-bond acceptors (Lipinski definition) is 4. The third-order valence-corrected chi connectivity index (χ3v) is 5.63. The van der Waals surface area contributed by atoms with Gasteiger partial charge in [-0.1, -0.05) is 13.3 Å². The second kappa shape index (κ2) is 6.42. The van der Waals surface area contributed by atoms with E-state index in [9.17, 15) is 9.18 Å². The van der Waals surface area contributed by atoms with Crippen molar-refractivity contribution in [1.82, 2.24) is 20.7 Å². The van der Waals surface area contributed by atoms with Crippen LogP contribution in [0.25, 0.3) is 0 Å². The lowest BCUT2D eigenvalue weighted by atomic mass is 9.73. The molecule has 1 aromatic rings. The molecule has 0 saturated carbocycles. The van der Waals surface area contributed by atoms with Crippen LogP contribution in [0.15, 0.2) is 35.5 Å². The minimum absolute atomic E-state index is 0.0765. The maximum atomic E-state index is 13.0. The Morgan fingerprint density at radius 3 is 2.40 bits per heavy atom. The number of nitrogens with zero attached hydrogens (tertiary/aromatic N) is 2. The van der Waals surface area contributed by atoms with E-state index in [0.717, 1.165) is 52.1 Å². The monoisotopic (exact) mass is 344 g/mol. The second-order valence-electron chi connectivity index (χ2n) is 7.52. The number of rotatable bonds is 5. The Bertz CT molecular complexity index is 682. The zero-order valence-corrected chi connectivity index (χ0v) is 14.6. The first kappa shape index (κ1) is 16.5. The van der Waals surface area contributed by atoms with Gasteiger partial charge in [0.1, 0.15) is 5.82 Å². The summed E-state index contributed by atoms with van der Waals surface area (Å²) in [6, 6.07) is 5.63. The van der Waals surface area contributed by atoms with Crippen LogP contribution in [-0.2, 0) is 0 Å². The van der Waals surface area contributed by atoms with E-state index in [-0.39, 0.29) is 17.1 Å². The van der Waals surface area contributed by atoms with Gasteiger partial charge in [-0.3, -0.25) is 20.0 Å². The molecule has 5 rings (SSSR count). The Hall–Kier alpha value is -1.92. The fourth-order valence-electron chi connectivity index (χ4n) is 4.67. The number of hydrogen-bond donors (Lipinski definition) is 2. The molecule has 4 aliphatic rings. The molecule has 25 heavy (non-hydrogen) atoms. The van der Waals surface area contributed by atoms with Crippen LogP contribution < -0.4 is 10.9 Å². The minimum Gasteiger partial charge on any atom is -0.302 e. The molecule has 2 saturated heterocycles. The molecule has 6 heteroatoms. The molecule has 4 bridgehead atoms. The molecule has 0 spiro atoms. The van der Waals surface area contributed by atoms with Crippen LogP contribution in [0.3, 0.4) is 0 Å². The molecule has 0 radical (unpaired) electrons. The van der Waals surface area contributed by atoms with E-state index in [0.29, 0.717) is 5.56 Å². The number of amides is 1. The Kier molecular flexibility index (Phi) is 4.25. The van der Waals surface area contributed by atoms with Gasteiger partial charge in [-0.15, -0.1) is 0 Å². The molecule has 5 nitrogen and oxygen atoms in total. The largest absolute Gasteiger partial charge is 0.302 e. The second-order valence-corrected chi connectivity index (χ2v) is 7.52. The quantitative estimate of drug-likeness (QED) is 0.799. The third kappa shape index (κ3) is 3.04. The van der Waals surface area contributed by atoms with E-state index >= 15 is 0 Å². The van der Waals surface area contributed by atoms with Gasteiger partial charge in [-0.2, -0.15) is 0 Å². The smallest absolute Gasteiger partial charge is 0.269 e. The summed E-state index contributed by atoms with van der Waals surface area (Å²) in [6.45, 7) is 8.55. The molecule has 1 amide bonds. The van der Waals surface area contributed by atoms with Gasteiger partial charge in [-0.25, -0.2) is 4.39 Å². The van der Waals surface area contributed by atoms with Crippen LogP contribution in [0.4, 0.5) is 4.39 Å². The van der Waals surface area contributed by atoms with Gasteiger partial charge in [0.05, 0.1) is 0 Å². The Morgan fingerprint density at radius 1 is 1.16 bits per heavy atom. The van der Waals surface area contributed by atoms with Crippen molar-refractivity contribution in [1.29, 1.82) is 0 Å². The molecule has 134 valence electrons. The lowest BCUT2D eigenvalue weighted by Gasteiger charge is -2.48. The van der Waals surface area contributed by atoms with E-state index in [4.69, 9.17) is 0 Å². The SMILES string of the molecule is CCCC12CN3CCN(CC(=C1NNC(=O)c1ccc(F)cc1)C3)C2. The van der Waals surface area contributed by atoms with Gasteiger partial charge >= 0.3 is 0 Å². The molecule has 2 unspecified atom stereocenters. The van der Waals surface area contributed by atoms with E-state index in [1.54, 1.807) is 0 Å². The van der Waals surface area contributed by atoms with Crippen molar-refractivity contribution in [3.8, 4) is 0 Å². The maximum absolute atomic E-state index is 13.0. The van der Waals surface area contributed by atoms with Gasteiger partial charge in [-0.05, 0) is 36.3 Å². The highest BCUT2D eigenvalue weighted by molar-refractivity contribution is 5.93. The zero-order chi connectivity index (χ0) is 17.4. The number of hydrazine groups is 1. The molecular weight excluding hydrogens is 319 g/mol. The van der Waals surface area contributed by atoms with Crippen LogP contribution in [-0.4, -0.2) is 55.0 Å². The Balaban J connectivity index is 1.55. The first-order chi connectivity index (χ1) is 12.1. The molecule has 1 aromatic carbocycles. The van der Waals surface area contributed by atoms with Crippen LogP contribution in [0.1, 0.15) is 30.1 Å². The van der Waals surface area contributed by atoms with Crippen LogP contribution in [0, 0.1) is 11.2 Å². The summed E-state index contributed by atoms with van der Waals surface area (Å²) in [4.78, 5) is 17.5. The molecule has 2 N–H and O–H groups in total. The fourth-order valence-corrected chi connectivity index (χ4v) is 4.67. The zero-order valence-electron chi connectivity index (χ0n) is 14.6. The normalized spacial score (nSPS) is 30.3. The molecule has 0 aromatic heterocycles.